The van der Waals surface area contributed by atoms with Crippen LogP contribution < -0.4 is 0 Å². The van der Waals surface area contributed by atoms with E-state index in [2.05, 4.69) is 0 Å². The number of aliphatic carboxylic acids is 2. The van der Waals surface area contributed by atoms with Crippen molar-refractivity contribution in [3.8, 4) is 0 Å². The summed E-state index contributed by atoms with van der Waals surface area (Å²) in [6.07, 6.45) is -2.54. The zero-order valence-electron chi connectivity index (χ0n) is 6.04. The molecule has 0 rings (SSSR count). The molecule has 0 aromatic carbocycles. The third-order valence-electron chi connectivity index (χ3n) is 0.653. The maximum atomic E-state index is 9.72. The predicted octanol–water partition coefficient (Wildman–Crippen LogP) is -2.59. The molecule has 7 nitrogen and oxygen atoms in total. The van der Waals surface area contributed by atoms with Gasteiger partial charge in [-0.25, -0.2) is 4.79 Å². The van der Waals surface area contributed by atoms with Crippen molar-refractivity contribution in [2.75, 3.05) is 0 Å². The SMILES string of the molecule is O=C(O)CC(O)C(=O)O.[OH][Ca][OH]. The first-order valence-corrected chi connectivity index (χ1v) is 4.77. The Balaban J connectivity index is 0. The van der Waals surface area contributed by atoms with Gasteiger partial charge in [-0.1, -0.05) is 0 Å². The van der Waals surface area contributed by atoms with Crippen LogP contribution in [0, 0.1) is 0 Å². The summed E-state index contributed by atoms with van der Waals surface area (Å²) in [5.41, 5.74) is 0. The standard InChI is InChI=1S/C4H6O5.Ca.2H2O/c5-2(4(8)9)1-3(6)7;;;/h2,5H,1H2,(H,6,7)(H,8,9);;2*1H2/q;+2;;/p-2. The minimum absolute atomic E-state index is 0.755. The minimum atomic E-state index is -1.88. The van der Waals surface area contributed by atoms with Gasteiger partial charge in [0.05, 0.1) is 6.42 Å². The second-order valence-corrected chi connectivity index (χ2v) is 2.03. The molecule has 1 unspecified atom stereocenters. The van der Waals surface area contributed by atoms with Gasteiger partial charge in [-0.15, -0.1) is 0 Å². The number of carboxylic acid groups (broad SMARTS) is 2. The molecular weight excluding hydrogens is 200 g/mol. The summed E-state index contributed by atoms with van der Waals surface area (Å²) in [7, 11) is 0. The van der Waals surface area contributed by atoms with Crippen LogP contribution in [0.15, 0.2) is 0 Å². The number of carboxylic acids is 2. The molecule has 0 bridgehead atoms. The third kappa shape index (κ3) is 12.7. The molecule has 0 heterocycles. The number of hydrogen-bond acceptors (Lipinski definition) is 5. The Hall–Kier alpha value is 0.0797. The first kappa shape index (κ1) is 14.6. The second kappa shape index (κ2) is 9.17. The molecule has 0 aromatic rings. The predicted molar refractivity (Wildman–Crippen MR) is 36.1 cm³/mol. The Bertz CT molecular complexity index is 146. The summed E-state index contributed by atoms with van der Waals surface area (Å²) >= 11 is -1.88. The van der Waals surface area contributed by atoms with Gasteiger partial charge in [0.15, 0.2) is 6.10 Å². The van der Waals surface area contributed by atoms with Crippen molar-refractivity contribution in [2.24, 2.45) is 0 Å². The van der Waals surface area contributed by atoms with E-state index in [4.69, 9.17) is 18.9 Å². The van der Waals surface area contributed by atoms with E-state index in [1.54, 1.807) is 0 Å². The van der Waals surface area contributed by atoms with Crippen molar-refractivity contribution in [3.63, 3.8) is 0 Å². The van der Waals surface area contributed by atoms with Gasteiger partial charge in [0.2, 0.25) is 0 Å². The van der Waals surface area contributed by atoms with Crippen LogP contribution in [0.3, 0.4) is 0 Å². The molecule has 5 N–H and O–H groups in total. The average molecular weight is 208 g/mol. The molecule has 68 valence electrons. The quantitative estimate of drug-likeness (QED) is 0.321. The Morgan fingerprint density at radius 2 is 1.58 bits per heavy atom. The Kier molecular flexibility index (Phi) is 11.2. The first-order valence-electron chi connectivity index (χ1n) is 2.80. The van der Waals surface area contributed by atoms with E-state index in [1.807, 2.05) is 0 Å². The van der Waals surface area contributed by atoms with Gasteiger partial charge in [-0.2, -0.15) is 0 Å². The van der Waals surface area contributed by atoms with Gasteiger partial charge in [0, 0.05) is 0 Å². The fourth-order valence-corrected chi connectivity index (χ4v) is 0.253. The van der Waals surface area contributed by atoms with Crippen LogP contribution in [0.1, 0.15) is 6.42 Å². The van der Waals surface area contributed by atoms with E-state index in [-0.39, 0.29) is 0 Å². The van der Waals surface area contributed by atoms with E-state index in [0.717, 1.165) is 0 Å². The Morgan fingerprint density at radius 3 is 1.67 bits per heavy atom. The fourth-order valence-electron chi connectivity index (χ4n) is 0.253. The summed E-state index contributed by atoms with van der Waals surface area (Å²) in [6, 6.07) is 0. The van der Waals surface area contributed by atoms with Gasteiger partial charge >= 0.3 is 50.5 Å². The molecule has 0 fully saturated rings. The van der Waals surface area contributed by atoms with Crippen molar-refractivity contribution in [1.29, 1.82) is 0 Å². The monoisotopic (exact) mass is 208 g/mol. The molecule has 0 aliphatic rings. The average Bonchev–Trinajstić information content (AvgIpc) is 1.87. The fraction of sp³-hybridized carbons (Fsp3) is 0.500. The van der Waals surface area contributed by atoms with Gasteiger partial charge in [-0.05, 0) is 0 Å². The molecule has 0 saturated heterocycles. The van der Waals surface area contributed by atoms with Gasteiger partial charge in [-0.3, -0.25) is 4.79 Å². The van der Waals surface area contributed by atoms with Gasteiger partial charge < -0.3 is 15.3 Å². The summed E-state index contributed by atoms with van der Waals surface area (Å²) in [4.78, 5) is 19.4. The number of rotatable bonds is 3. The summed E-state index contributed by atoms with van der Waals surface area (Å²) in [6.45, 7) is 0. The molecule has 8 heteroatoms. The van der Waals surface area contributed by atoms with Crippen LogP contribution in [0.2, 0.25) is 0 Å². The Labute approximate surface area is 87.5 Å². The van der Waals surface area contributed by atoms with Crippen molar-refractivity contribution in [2.45, 2.75) is 12.5 Å². The normalized spacial score (nSPS) is 10.2. The number of aliphatic hydroxyl groups excluding tert-OH is 1. The molecule has 1 atom stereocenters. The molecule has 0 saturated carbocycles. The van der Waals surface area contributed by atoms with Crippen LogP contribution in [-0.2, 0) is 9.59 Å². The molecule has 0 aliphatic carbocycles. The number of hydrogen-bond donors (Lipinski definition) is 5. The van der Waals surface area contributed by atoms with Crippen LogP contribution in [0.25, 0.3) is 0 Å². The zero-order valence-corrected chi connectivity index (χ0v) is 8.25. The topological polar surface area (TPSA) is 135 Å². The molecule has 0 spiro atoms. The molecule has 0 radical (unpaired) electrons. The van der Waals surface area contributed by atoms with Crippen molar-refractivity contribution < 1.29 is 28.5 Å². The number of carbonyl (C=O) groups is 2. The van der Waals surface area contributed by atoms with E-state index in [0.29, 0.717) is 0 Å². The zero-order chi connectivity index (χ0) is 10.1. The van der Waals surface area contributed by atoms with Crippen LogP contribution >= 0.6 is 0 Å². The van der Waals surface area contributed by atoms with E-state index >= 15 is 0 Å². The van der Waals surface area contributed by atoms with E-state index in [9.17, 15) is 9.59 Å². The molecule has 12 heavy (non-hydrogen) atoms. The summed E-state index contributed by atoms with van der Waals surface area (Å²) in [5.74, 6) is -2.85. The number of aliphatic hydroxyl groups is 1. The second-order valence-electron chi connectivity index (χ2n) is 1.59. The van der Waals surface area contributed by atoms with E-state index in [1.165, 1.54) is 0 Å². The van der Waals surface area contributed by atoms with E-state index < -0.39 is 59.4 Å². The summed E-state index contributed by atoms with van der Waals surface area (Å²) < 4.78 is 14.6. The van der Waals surface area contributed by atoms with Crippen LogP contribution in [-0.4, -0.2) is 72.0 Å². The van der Waals surface area contributed by atoms with Gasteiger partial charge in [0.25, 0.3) is 0 Å². The Morgan fingerprint density at radius 1 is 1.25 bits per heavy atom. The third-order valence-corrected chi connectivity index (χ3v) is 0.653. The first-order chi connectivity index (χ1) is 5.45. The van der Waals surface area contributed by atoms with Crippen LogP contribution in [0.4, 0.5) is 0 Å². The molecule has 0 amide bonds. The van der Waals surface area contributed by atoms with Crippen molar-refractivity contribution in [1.82, 2.24) is 0 Å². The summed E-state index contributed by atoms with van der Waals surface area (Å²) in [5, 5.41) is 24.1. The molecular formula is C4H8CaO7. The van der Waals surface area contributed by atoms with Gasteiger partial charge in [0.1, 0.15) is 0 Å². The maximum absolute atomic E-state index is 9.72. The van der Waals surface area contributed by atoms with Crippen molar-refractivity contribution in [3.05, 3.63) is 0 Å². The molecule has 0 aliphatic heterocycles. The molecule has 0 aromatic heterocycles. The van der Waals surface area contributed by atoms with Crippen molar-refractivity contribution >= 4 is 46.9 Å². The van der Waals surface area contributed by atoms with Crippen LogP contribution in [0.5, 0.6) is 0 Å².